The first-order valence-corrected chi connectivity index (χ1v) is 7.32. The average Bonchev–Trinajstić information content (AvgIpc) is 2.39. The molecule has 0 heterocycles. The van der Waals surface area contributed by atoms with Gasteiger partial charge >= 0.3 is 0 Å². The van der Waals surface area contributed by atoms with E-state index in [9.17, 15) is 5.11 Å². The molecule has 0 radical (unpaired) electrons. The predicted molar refractivity (Wildman–Crippen MR) is 80.3 cm³/mol. The standard InChI is InChI=1S/C14H21Cl2NO2/c1-3-10(4-2)17-8-11(18)9-19-14-12(15)6-5-7-13(14)16/h5-7,10-11,17-18H,3-4,8-9H2,1-2H3. The van der Waals surface area contributed by atoms with Gasteiger partial charge < -0.3 is 15.2 Å². The lowest BCUT2D eigenvalue weighted by Crippen LogP contribution is -2.37. The Morgan fingerprint density at radius 3 is 2.32 bits per heavy atom. The quantitative estimate of drug-likeness (QED) is 0.772. The highest BCUT2D eigenvalue weighted by atomic mass is 35.5. The zero-order valence-corrected chi connectivity index (χ0v) is 12.8. The Morgan fingerprint density at radius 2 is 1.79 bits per heavy atom. The summed E-state index contributed by atoms with van der Waals surface area (Å²) in [5, 5.41) is 14.0. The molecule has 0 aliphatic carbocycles. The molecule has 0 saturated carbocycles. The summed E-state index contributed by atoms with van der Waals surface area (Å²) >= 11 is 12.0. The average molecular weight is 306 g/mol. The van der Waals surface area contributed by atoms with Crippen LogP contribution in [0.3, 0.4) is 0 Å². The van der Waals surface area contributed by atoms with Crippen molar-refractivity contribution >= 4 is 23.2 Å². The Hall–Kier alpha value is -0.480. The summed E-state index contributed by atoms with van der Waals surface area (Å²) in [6, 6.07) is 5.59. The Kier molecular flexibility index (Phi) is 7.54. The maximum absolute atomic E-state index is 9.86. The van der Waals surface area contributed by atoms with E-state index in [0.717, 1.165) is 12.8 Å². The van der Waals surface area contributed by atoms with Crippen molar-refractivity contribution in [3.63, 3.8) is 0 Å². The van der Waals surface area contributed by atoms with Crippen LogP contribution < -0.4 is 10.1 Å². The van der Waals surface area contributed by atoms with Crippen LogP contribution in [0, 0.1) is 0 Å². The summed E-state index contributed by atoms with van der Waals surface area (Å²) in [6.07, 6.45) is 1.49. The maximum Gasteiger partial charge on any atom is 0.156 e. The molecule has 0 aliphatic heterocycles. The molecule has 0 aromatic heterocycles. The van der Waals surface area contributed by atoms with Gasteiger partial charge in [-0.2, -0.15) is 0 Å². The lowest BCUT2D eigenvalue weighted by atomic mass is 10.1. The number of rotatable bonds is 8. The zero-order valence-electron chi connectivity index (χ0n) is 11.3. The van der Waals surface area contributed by atoms with Gasteiger partial charge in [-0.1, -0.05) is 43.1 Å². The van der Waals surface area contributed by atoms with E-state index in [2.05, 4.69) is 19.2 Å². The van der Waals surface area contributed by atoms with Gasteiger partial charge in [0, 0.05) is 12.6 Å². The van der Waals surface area contributed by atoms with Gasteiger partial charge in [-0.05, 0) is 25.0 Å². The van der Waals surface area contributed by atoms with Crippen LogP contribution in [-0.4, -0.2) is 30.4 Å². The van der Waals surface area contributed by atoms with Crippen molar-refractivity contribution < 1.29 is 9.84 Å². The van der Waals surface area contributed by atoms with Crippen LogP contribution in [0.5, 0.6) is 5.75 Å². The van der Waals surface area contributed by atoms with Gasteiger partial charge in [0.25, 0.3) is 0 Å². The van der Waals surface area contributed by atoms with Crippen molar-refractivity contribution in [1.82, 2.24) is 5.32 Å². The van der Waals surface area contributed by atoms with Crippen molar-refractivity contribution in [2.24, 2.45) is 0 Å². The summed E-state index contributed by atoms with van der Waals surface area (Å²) in [7, 11) is 0. The summed E-state index contributed by atoms with van der Waals surface area (Å²) in [6.45, 7) is 4.89. The smallest absolute Gasteiger partial charge is 0.156 e. The molecular formula is C14H21Cl2NO2. The van der Waals surface area contributed by atoms with Crippen LogP contribution >= 0.6 is 23.2 Å². The summed E-state index contributed by atoms with van der Waals surface area (Å²) in [5.41, 5.74) is 0. The predicted octanol–water partition coefficient (Wildman–Crippen LogP) is 3.51. The fourth-order valence-electron chi connectivity index (χ4n) is 1.74. The molecule has 1 unspecified atom stereocenters. The van der Waals surface area contributed by atoms with Gasteiger partial charge in [-0.3, -0.25) is 0 Å². The van der Waals surface area contributed by atoms with E-state index in [1.54, 1.807) is 18.2 Å². The fourth-order valence-corrected chi connectivity index (χ4v) is 2.25. The van der Waals surface area contributed by atoms with Crippen molar-refractivity contribution in [2.75, 3.05) is 13.2 Å². The minimum atomic E-state index is -0.590. The molecule has 0 saturated heterocycles. The van der Waals surface area contributed by atoms with Gasteiger partial charge in [0.15, 0.2) is 5.75 Å². The molecule has 3 nitrogen and oxygen atoms in total. The second kappa shape index (κ2) is 8.64. The third kappa shape index (κ3) is 5.57. The van der Waals surface area contributed by atoms with Crippen LogP contribution in [0.4, 0.5) is 0 Å². The first-order chi connectivity index (χ1) is 9.08. The number of aliphatic hydroxyl groups excluding tert-OH is 1. The van der Waals surface area contributed by atoms with E-state index in [-0.39, 0.29) is 6.61 Å². The van der Waals surface area contributed by atoms with E-state index in [1.807, 2.05) is 0 Å². The molecule has 5 heteroatoms. The minimum Gasteiger partial charge on any atom is -0.488 e. The lowest BCUT2D eigenvalue weighted by molar-refractivity contribution is 0.103. The summed E-state index contributed by atoms with van der Waals surface area (Å²) < 4.78 is 5.48. The monoisotopic (exact) mass is 305 g/mol. The van der Waals surface area contributed by atoms with Crippen molar-refractivity contribution in [3.8, 4) is 5.75 Å². The number of nitrogens with one attached hydrogen (secondary N) is 1. The fraction of sp³-hybridized carbons (Fsp3) is 0.571. The van der Waals surface area contributed by atoms with Crippen LogP contribution in [-0.2, 0) is 0 Å². The van der Waals surface area contributed by atoms with Crippen LogP contribution in [0.1, 0.15) is 26.7 Å². The van der Waals surface area contributed by atoms with Crippen LogP contribution in [0.2, 0.25) is 10.0 Å². The molecule has 1 aromatic carbocycles. The number of hydrogen-bond acceptors (Lipinski definition) is 3. The summed E-state index contributed by atoms with van der Waals surface area (Å²) in [5.74, 6) is 0.424. The molecule has 2 N–H and O–H groups in total. The zero-order chi connectivity index (χ0) is 14.3. The Bertz CT molecular complexity index is 363. The Labute approximate surface area is 124 Å². The normalized spacial score (nSPS) is 12.7. The highest BCUT2D eigenvalue weighted by Gasteiger charge is 2.11. The third-order valence-corrected chi connectivity index (χ3v) is 3.56. The van der Waals surface area contributed by atoms with Gasteiger partial charge in [-0.15, -0.1) is 0 Å². The second-order valence-corrected chi connectivity index (χ2v) is 5.25. The van der Waals surface area contributed by atoms with Crippen LogP contribution in [0.25, 0.3) is 0 Å². The second-order valence-electron chi connectivity index (χ2n) is 4.44. The van der Waals surface area contributed by atoms with Gasteiger partial charge in [0.2, 0.25) is 0 Å². The molecule has 0 fully saturated rings. The molecule has 1 rings (SSSR count). The van der Waals surface area contributed by atoms with Crippen molar-refractivity contribution in [1.29, 1.82) is 0 Å². The van der Waals surface area contributed by atoms with E-state index in [0.29, 0.717) is 28.4 Å². The first-order valence-electron chi connectivity index (χ1n) is 6.56. The minimum absolute atomic E-state index is 0.163. The number of benzene rings is 1. The van der Waals surface area contributed by atoms with Crippen molar-refractivity contribution in [2.45, 2.75) is 38.8 Å². The number of hydrogen-bond donors (Lipinski definition) is 2. The third-order valence-electron chi connectivity index (χ3n) is 2.97. The first kappa shape index (κ1) is 16.6. The summed E-state index contributed by atoms with van der Waals surface area (Å²) in [4.78, 5) is 0. The largest absolute Gasteiger partial charge is 0.488 e. The molecule has 0 spiro atoms. The van der Waals surface area contributed by atoms with Crippen LogP contribution in [0.15, 0.2) is 18.2 Å². The molecule has 1 aromatic rings. The molecule has 0 bridgehead atoms. The van der Waals surface area contributed by atoms with Gasteiger partial charge in [-0.25, -0.2) is 0 Å². The number of halogens is 2. The molecule has 108 valence electrons. The van der Waals surface area contributed by atoms with Gasteiger partial charge in [0.05, 0.1) is 10.0 Å². The highest BCUT2D eigenvalue weighted by Crippen LogP contribution is 2.32. The number of aliphatic hydroxyl groups is 1. The molecule has 1 atom stereocenters. The lowest BCUT2D eigenvalue weighted by Gasteiger charge is -2.19. The van der Waals surface area contributed by atoms with E-state index in [1.165, 1.54) is 0 Å². The Morgan fingerprint density at radius 1 is 1.21 bits per heavy atom. The van der Waals surface area contributed by atoms with E-state index >= 15 is 0 Å². The molecule has 19 heavy (non-hydrogen) atoms. The number of para-hydroxylation sites is 1. The molecule has 0 aliphatic rings. The molecule has 0 amide bonds. The van der Waals surface area contributed by atoms with E-state index < -0.39 is 6.10 Å². The molecular weight excluding hydrogens is 285 g/mol. The van der Waals surface area contributed by atoms with E-state index in [4.69, 9.17) is 27.9 Å². The highest BCUT2D eigenvalue weighted by molar-refractivity contribution is 6.37. The SMILES string of the molecule is CCC(CC)NCC(O)COc1c(Cl)cccc1Cl. The Balaban J connectivity index is 2.40. The maximum atomic E-state index is 9.86. The topological polar surface area (TPSA) is 41.5 Å². The van der Waals surface area contributed by atoms with Gasteiger partial charge in [0.1, 0.15) is 12.7 Å². The van der Waals surface area contributed by atoms with Crippen molar-refractivity contribution in [3.05, 3.63) is 28.2 Å². The number of ether oxygens (including phenoxy) is 1.